The summed E-state index contributed by atoms with van der Waals surface area (Å²) < 4.78 is 11.7. The molecule has 5 nitrogen and oxygen atoms in total. The first-order valence-electron chi connectivity index (χ1n) is 7.32. The molecular formula is C18H13BrClNO4. The fourth-order valence-electron chi connectivity index (χ4n) is 2.47. The minimum Gasteiger partial charge on any atom is -0.618 e. The van der Waals surface area contributed by atoms with Crippen molar-refractivity contribution in [3.63, 3.8) is 0 Å². The van der Waals surface area contributed by atoms with Crippen molar-refractivity contribution in [2.75, 3.05) is 7.11 Å². The number of halogens is 2. The molecular weight excluding hydrogens is 410 g/mol. The Morgan fingerprint density at radius 1 is 1.24 bits per heavy atom. The first kappa shape index (κ1) is 17.5. The van der Waals surface area contributed by atoms with Crippen molar-refractivity contribution in [1.29, 1.82) is 0 Å². The van der Waals surface area contributed by atoms with Crippen LogP contribution in [0.4, 0.5) is 0 Å². The van der Waals surface area contributed by atoms with Gasteiger partial charge in [-0.3, -0.25) is 0 Å². The number of fused-ring (bicyclic) bond motifs is 1. The lowest BCUT2D eigenvalue weighted by Crippen LogP contribution is -2.35. The van der Waals surface area contributed by atoms with Crippen LogP contribution < -0.4 is 9.47 Å². The summed E-state index contributed by atoms with van der Waals surface area (Å²) in [6, 6.07) is 12.8. The van der Waals surface area contributed by atoms with Gasteiger partial charge in [-0.15, -0.1) is 0 Å². The average molecular weight is 423 g/mol. The Hall–Kier alpha value is -2.31. The Bertz CT molecular complexity index is 947. The van der Waals surface area contributed by atoms with Gasteiger partial charge in [-0.2, -0.15) is 4.73 Å². The smallest absolute Gasteiger partial charge is 0.408 e. The lowest BCUT2D eigenvalue weighted by atomic mass is 10.1. The number of esters is 1. The summed E-state index contributed by atoms with van der Waals surface area (Å²) in [7, 11) is 1.20. The van der Waals surface area contributed by atoms with Crippen LogP contribution in [0.25, 0.3) is 10.8 Å². The second-order valence-electron chi connectivity index (χ2n) is 5.22. The highest BCUT2D eigenvalue weighted by Crippen LogP contribution is 2.37. The third kappa shape index (κ3) is 3.41. The zero-order valence-corrected chi connectivity index (χ0v) is 15.5. The molecule has 0 radical (unpaired) electrons. The maximum atomic E-state index is 12.4. The fourth-order valence-corrected chi connectivity index (χ4v) is 3.16. The van der Waals surface area contributed by atoms with E-state index in [0.717, 1.165) is 5.56 Å². The Balaban J connectivity index is 2.21. The van der Waals surface area contributed by atoms with Crippen molar-refractivity contribution in [2.24, 2.45) is 0 Å². The van der Waals surface area contributed by atoms with Crippen LogP contribution in [-0.4, -0.2) is 13.1 Å². The van der Waals surface area contributed by atoms with E-state index < -0.39 is 5.97 Å². The summed E-state index contributed by atoms with van der Waals surface area (Å²) >= 11 is 9.72. The topological polar surface area (TPSA) is 62.5 Å². The van der Waals surface area contributed by atoms with Crippen molar-refractivity contribution < 1.29 is 19.0 Å². The average Bonchev–Trinajstić information content (AvgIpc) is 2.62. The number of rotatable bonds is 4. The molecule has 0 aliphatic carbocycles. The number of benzene rings is 2. The maximum Gasteiger partial charge on any atom is 0.408 e. The molecule has 0 bridgehead atoms. The largest absolute Gasteiger partial charge is 0.618 e. The number of aromatic nitrogens is 1. The molecule has 0 fully saturated rings. The number of ether oxygens (including phenoxy) is 2. The second kappa shape index (κ2) is 7.29. The molecule has 0 spiro atoms. The summed E-state index contributed by atoms with van der Waals surface area (Å²) in [6.07, 6.45) is 1.27. The van der Waals surface area contributed by atoms with Gasteiger partial charge in [0.2, 0.25) is 5.75 Å². The minimum atomic E-state index is -0.795. The number of nitrogens with zero attached hydrogens (tertiary/aromatic N) is 1. The minimum absolute atomic E-state index is 0.0921. The molecule has 25 heavy (non-hydrogen) atoms. The van der Waals surface area contributed by atoms with Gasteiger partial charge in [-0.05, 0) is 33.6 Å². The first-order chi connectivity index (χ1) is 12.0. The van der Waals surface area contributed by atoms with Crippen LogP contribution in [0, 0.1) is 5.21 Å². The molecule has 3 aromatic rings. The molecule has 3 rings (SSSR count). The Morgan fingerprint density at radius 3 is 2.64 bits per heavy atom. The number of carbonyl (C=O) groups is 1. The summed E-state index contributed by atoms with van der Waals surface area (Å²) in [5.74, 6) is -0.703. The van der Waals surface area contributed by atoms with E-state index >= 15 is 0 Å². The third-order valence-electron chi connectivity index (χ3n) is 3.66. The predicted octanol–water partition coefficient (Wildman–Crippen LogP) is 4.25. The van der Waals surface area contributed by atoms with Crippen molar-refractivity contribution >= 4 is 44.3 Å². The predicted molar refractivity (Wildman–Crippen MR) is 97.7 cm³/mol. The highest BCUT2D eigenvalue weighted by molar-refractivity contribution is 9.10. The Kier molecular flexibility index (Phi) is 5.11. The standard InChI is InChI=1S/C18H13BrClNO4/c1-24-18(22)16-17(25-10-11-5-3-2-4-6-11)15-12(9-21(16)23)13(19)7-8-14(15)20/h2-9H,10H2,1H3. The van der Waals surface area contributed by atoms with E-state index in [1.165, 1.54) is 13.3 Å². The molecule has 0 atom stereocenters. The zero-order chi connectivity index (χ0) is 18.0. The van der Waals surface area contributed by atoms with Crippen LogP contribution >= 0.6 is 27.5 Å². The Morgan fingerprint density at radius 2 is 1.96 bits per heavy atom. The first-order valence-corrected chi connectivity index (χ1v) is 8.49. The van der Waals surface area contributed by atoms with Crippen molar-refractivity contribution in [1.82, 2.24) is 0 Å². The summed E-state index contributed by atoms with van der Waals surface area (Å²) in [5, 5.41) is 13.8. The number of methoxy groups -OCH3 is 1. The van der Waals surface area contributed by atoms with Crippen molar-refractivity contribution in [2.45, 2.75) is 6.61 Å². The number of carbonyl (C=O) groups excluding carboxylic acids is 1. The molecule has 0 aliphatic rings. The van der Waals surface area contributed by atoms with Gasteiger partial charge in [0.05, 0.1) is 22.9 Å². The highest BCUT2D eigenvalue weighted by Gasteiger charge is 2.29. The second-order valence-corrected chi connectivity index (χ2v) is 6.48. The normalized spacial score (nSPS) is 10.7. The van der Waals surface area contributed by atoms with E-state index in [1.54, 1.807) is 12.1 Å². The summed E-state index contributed by atoms with van der Waals surface area (Å²) in [4.78, 5) is 12.1. The van der Waals surface area contributed by atoms with Crippen LogP contribution in [0.2, 0.25) is 5.02 Å². The van der Waals surface area contributed by atoms with Gasteiger partial charge in [0.15, 0.2) is 6.20 Å². The van der Waals surface area contributed by atoms with Crippen LogP contribution in [0.3, 0.4) is 0 Å². The quantitative estimate of drug-likeness (QED) is 0.358. The molecule has 0 saturated carbocycles. The SMILES string of the molecule is COC(=O)c1c(OCc2ccccc2)c2c(Cl)ccc(Br)c2c[n+]1[O-]. The molecule has 0 aliphatic heterocycles. The van der Waals surface area contributed by atoms with Crippen LogP contribution in [0.5, 0.6) is 5.75 Å². The van der Waals surface area contributed by atoms with Gasteiger partial charge < -0.3 is 14.7 Å². The van der Waals surface area contributed by atoms with Gasteiger partial charge in [-0.1, -0.05) is 41.9 Å². The molecule has 2 aromatic carbocycles. The molecule has 7 heteroatoms. The Labute approximate surface area is 157 Å². The summed E-state index contributed by atoms with van der Waals surface area (Å²) in [6.45, 7) is 0.173. The van der Waals surface area contributed by atoms with E-state index in [2.05, 4.69) is 15.9 Å². The number of pyridine rings is 1. The maximum absolute atomic E-state index is 12.4. The molecule has 0 amide bonds. The van der Waals surface area contributed by atoms with Crippen LogP contribution in [0.1, 0.15) is 16.1 Å². The molecule has 0 unspecified atom stereocenters. The lowest BCUT2D eigenvalue weighted by molar-refractivity contribution is -0.607. The van der Waals surface area contributed by atoms with E-state index in [0.29, 0.717) is 25.0 Å². The van der Waals surface area contributed by atoms with Crippen LogP contribution in [-0.2, 0) is 11.3 Å². The van der Waals surface area contributed by atoms with E-state index in [-0.39, 0.29) is 18.1 Å². The van der Waals surface area contributed by atoms with Gasteiger partial charge >= 0.3 is 11.7 Å². The molecule has 1 heterocycles. The van der Waals surface area contributed by atoms with Gasteiger partial charge in [-0.25, -0.2) is 4.79 Å². The van der Waals surface area contributed by atoms with Gasteiger partial charge in [0, 0.05) is 4.47 Å². The zero-order valence-electron chi connectivity index (χ0n) is 13.2. The van der Waals surface area contributed by atoms with E-state index in [4.69, 9.17) is 21.1 Å². The van der Waals surface area contributed by atoms with Gasteiger partial charge in [0.25, 0.3) is 0 Å². The fraction of sp³-hybridized carbons (Fsp3) is 0.111. The third-order valence-corrected chi connectivity index (χ3v) is 4.66. The molecule has 128 valence electrons. The van der Waals surface area contributed by atoms with Crippen LogP contribution in [0.15, 0.2) is 53.1 Å². The van der Waals surface area contributed by atoms with E-state index in [9.17, 15) is 10.0 Å². The highest BCUT2D eigenvalue weighted by atomic mass is 79.9. The molecule has 0 saturated heterocycles. The lowest BCUT2D eigenvalue weighted by Gasteiger charge is -2.14. The van der Waals surface area contributed by atoms with E-state index in [1.807, 2.05) is 30.3 Å². The monoisotopic (exact) mass is 421 g/mol. The van der Waals surface area contributed by atoms with Gasteiger partial charge in [0.1, 0.15) is 6.61 Å². The molecule has 1 aromatic heterocycles. The summed E-state index contributed by atoms with van der Waals surface area (Å²) in [5.41, 5.74) is 0.643. The van der Waals surface area contributed by atoms with Crippen molar-refractivity contribution in [3.05, 3.63) is 74.6 Å². The van der Waals surface area contributed by atoms with Crippen molar-refractivity contribution in [3.8, 4) is 5.75 Å². The number of hydrogen-bond donors (Lipinski definition) is 0. The number of hydrogen-bond acceptors (Lipinski definition) is 4. The molecule has 0 N–H and O–H groups in total.